The van der Waals surface area contributed by atoms with Crippen molar-refractivity contribution in [2.24, 2.45) is 5.84 Å². The van der Waals surface area contributed by atoms with Crippen LogP contribution in [0.1, 0.15) is 5.56 Å². The second kappa shape index (κ2) is 4.37. The third-order valence-electron chi connectivity index (χ3n) is 1.44. The predicted octanol–water partition coefficient (Wildman–Crippen LogP) is 0.829. The van der Waals surface area contributed by atoms with Crippen LogP contribution in [0, 0.1) is 5.82 Å². The smallest absolute Gasteiger partial charge is 0.257 e. The summed E-state index contributed by atoms with van der Waals surface area (Å²) in [6.45, 7) is 0. The minimum Gasteiger partial charge on any atom is -0.291 e. The molecule has 3 N–H and O–H groups in total. The molecule has 0 heterocycles. The van der Waals surface area contributed by atoms with Crippen molar-refractivity contribution >= 4 is 12.0 Å². The van der Waals surface area contributed by atoms with Crippen LogP contribution in [-0.2, 0) is 4.79 Å². The molecule has 0 saturated heterocycles. The average molecular weight is 180 g/mol. The molecule has 1 aromatic rings. The first-order chi connectivity index (χ1) is 6.22. The van der Waals surface area contributed by atoms with Gasteiger partial charge in [-0.2, -0.15) is 0 Å². The molecule has 0 atom stereocenters. The van der Waals surface area contributed by atoms with Gasteiger partial charge in [0.1, 0.15) is 5.82 Å². The van der Waals surface area contributed by atoms with Crippen LogP contribution in [0.2, 0.25) is 0 Å². The van der Waals surface area contributed by atoms with E-state index in [9.17, 15) is 9.18 Å². The highest BCUT2D eigenvalue weighted by Crippen LogP contribution is 2.03. The molecule has 1 aromatic carbocycles. The van der Waals surface area contributed by atoms with E-state index in [0.717, 1.165) is 5.56 Å². The highest BCUT2D eigenvalue weighted by molar-refractivity contribution is 5.91. The minimum absolute atomic E-state index is 0.305. The molecule has 3 nitrogen and oxygen atoms in total. The number of benzene rings is 1. The Morgan fingerprint density at radius 2 is 2.00 bits per heavy atom. The van der Waals surface area contributed by atoms with Crippen molar-refractivity contribution in [3.63, 3.8) is 0 Å². The van der Waals surface area contributed by atoms with Crippen molar-refractivity contribution < 1.29 is 9.18 Å². The van der Waals surface area contributed by atoms with Crippen LogP contribution >= 0.6 is 0 Å². The summed E-state index contributed by atoms with van der Waals surface area (Å²) in [5.41, 5.74) is 2.69. The van der Waals surface area contributed by atoms with Crippen LogP contribution in [0.25, 0.3) is 6.08 Å². The van der Waals surface area contributed by atoms with Gasteiger partial charge in [0.15, 0.2) is 0 Å². The molecule has 1 rings (SSSR count). The molecule has 68 valence electrons. The Morgan fingerprint density at radius 1 is 1.38 bits per heavy atom. The zero-order valence-electron chi connectivity index (χ0n) is 6.83. The number of carbonyl (C=O) groups excluding carboxylic acids is 1. The lowest BCUT2D eigenvalue weighted by molar-refractivity contribution is -0.116. The summed E-state index contributed by atoms with van der Waals surface area (Å²) in [5.74, 6) is 4.15. The van der Waals surface area contributed by atoms with Crippen LogP contribution in [0.5, 0.6) is 0 Å². The lowest BCUT2D eigenvalue weighted by Crippen LogP contribution is -2.27. The van der Waals surface area contributed by atoms with Gasteiger partial charge in [0.2, 0.25) is 0 Å². The topological polar surface area (TPSA) is 55.1 Å². The molecule has 0 aliphatic carbocycles. The van der Waals surface area contributed by atoms with Gasteiger partial charge < -0.3 is 0 Å². The lowest BCUT2D eigenvalue weighted by Gasteiger charge is -1.92. The number of hydrogen-bond acceptors (Lipinski definition) is 2. The summed E-state index contributed by atoms with van der Waals surface area (Å²) < 4.78 is 12.4. The Bertz CT molecular complexity index is 319. The molecule has 0 spiro atoms. The summed E-state index contributed by atoms with van der Waals surface area (Å²) in [4.78, 5) is 10.7. The normalized spacial score (nSPS) is 10.3. The third-order valence-corrected chi connectivity index (χ3v) is 1.44. The van der Waals surface area contributed by atoms with Crippen LogP contribution < -0.4 is 11.3 Å². The molecule has 13 heavy (non-hydrogen) atoms. The zero-order valence-corrected chi connectivity index (χ0v) is 6.83. The fourth-order valence-electron chi connectivity index (χ4n) is 0.794. The quantitative estimate of drug-likeness (QED) is 0.306. The van der Waals surface area contributed by atoms with Crippen molar-refractivity contribution in [2.75, 3.05) is 0 Å². The predicted molar refractivity (Wildman–Crippen MR) is 47.8 cm³/mol. The molecule has 0 aromatic heterocycles. The summed E-state index contributed by atoms with van der Waals surface area (Å²) in [5, 5.41) is 0. The van der Waals surface area contributed by atoms with Crippen LogP contribution in [0.15, 0.2) is 30.3 Å². The molecule has 4 heteroatoms. The summed E-state index contributed by atoms with van der Waals surface area (Å²) >= 11 is 0. The Kier molecular flexibility index (Phi) is 3.16. The van der Waals surface area contributed by atoms with Crippen LogP contribution in [0.3, 0.4) is 0 Å². The van der Waals surface area contributed by atoms with Crippen molar-refractivity contribution in [1.82, 2.24) is 5.43 Å². The maximum Gasteiger partial charge on any atom is 0.257 e. The van der Waals surface area contributed by atoms with Crippen LogP contribution in [0.4, 0.5) is 4.39 Å². The number of amides is 1. The van der Waals surface area contributed by atoms with Gasteiger partial charge in [0, 0.05) is 6.08 Å². The first-order valence-corrected chi connectivity index (χ1v) is 3.66. The number of nitrogens with two attached hydrogens (primary N) is 1. The molecule has 0 bridgehead atoms. The molecule has 0 aliphatic heterocycles. The fraction of sp³-hybridized carbons (Fsp3) is 0. The van der Waals surface area contributed by atoms with E-state index in [1.165, 1.54) is 18.2 Å². The highest BCUT2D eigenvalue weighted by atomic mass is 19.1. The Balaban J connectivity index is 2.69. The Labute approximate surface area is 75.0 Å². The molecular weight excluding hydrogens is 171 g/mol. The summed E-state index contributed by atoms with van der Waals surface area (Å²) in [6.07, 6.45) is 2.81. The number of halogens is 1. The standard InChI is InChI=1S/C9H9FN2O/c10-8-4-1-7(2-5-8)3-6-9(13)12-11/h1-6H,11H2,(H,12,13). The Hall–Kier alpha value is -1.68. The highest BCUT2D eigenvalue weighted by Gasteiger charge is 1.91. The number of hydrazine groups is 1. The summed E-state index contributed by atoms with van der Waals surface area (Å²) in [7, 11) is 0. The third kappa shape index (κ3) is 3.04. The second-order valence-electron chi connectivity index (χ2n) is 2.39. The number of rotatable bonds is 2. The number of hydrogen-bond donors (Lipinski definition) is 2. The van der Waals surface area contributed by atoms with E-state index in [0.29, 0.717) is 0 Å². The zero-order chi connectivity index (χ0) is 9.68. The minimum atomic E-state index is -0.399. The molecular formula is C9H9FN2O. The van der Waals surface area contributed by atoms with Crippen LogP contribution in [-0.4, -0.2) is 5.91 Å². The molecule has 1 amide bonds. The maximum absolute atomic E-state index is 12.4. The first kappa shape index (κ1) is 9.41. The molecule has 0 unspecified atom stereocenters. The number of nitrogens with one attached hydrogen (secondary N) is 1. The monoisotopic (exact) mass is 180 g/mol. The van der Waals surface area contributed by atoms with Gasteiger partial charge in [-0.1, -0.05) is 12.1 Å². The van der Waals surface area contributed by atoms with Gasteiger partial charge >= 0.3 is 0 Å². The number of carbonyl (C=O) groups is 1. The van der Waals surface area contributed by atoms with E-state index in [4.69, 9.17) is 5.84 Å². The van der Waals surface area contributed by atoms with E-state index in [-0.39, 0.29) is 5.82 Å². The van der Waals surface area contributed by atoms with Crippen molar-refractivity contribution in [1.29, 1.82) is 0 Å². The second-order valence-corrected chi connectivity index (χ2v) is 2.39. The Morgan fingerprint density at radius 3 is 2.54 bits per heavy atom. The van der Waals surface area contributed by atoms with E-state index in [1.54, 1.807) is 18.2 Å². The van der Waals surface area contributed by atoms with E-state index >= 15 is 0 Å². The van der Waals surface area contributed by atoms with E-state index < -0.39 is 5.91 Å². The molecule has 0 saturated carbocycles. The van der Waals surface area contributed by atoms with Crippen molar-refractivity contribution in [2.45, 2.75) is 0 Å². The van der Waals surface area contributed by atoms with Gasteiger partial charge in [-0.3, -0.25) is 10.2 Å². The lowest BCUT2D eigenvalue weighted by atomic mass is 10.2. The largest absolute Gasteiger partial charge is 0.291 e. The van der Waals surface area contributed by atoms with Crippen molar-refractivity contribution in [3.05, 3.63) is 41.7 Å². The van der Waals surface area contributed by atoms with Gasteiger partial charge in [-0.15, -0.1) is 0 Å². The summed E-state index contributed by atoms with van der Waals surface area (Å²) in [6, 6.07) is 5.77. The van der Waals surface area contributed by atoms with Crippen molar-refractivity contribution in [3.8, 4) is 0 Å². The first-order valence-electron chi connectivity index (χ1n) is 3.66. The SMILES string of the molecule is NNC(=O)C=Cc1ccc(F)cc1. The van der Waals surface area contributed by atoms with Gasteiger partial charge in [-0.05, 0) is 23.8 Å². The maximum atomic E-state index is 12.4. The van der Waals surface area contributed by atoms with Gasteiger partial charge in [-0.25, -0.2) is 10.2 Å². The molecule has 0 radical (unpaired) electrons. The fourth-order valence-corrected chi connectivity index (χ4v) is 0.794. The average Bonchev–Trinajstić information content (AvgIpc) is 2.16. The van der Waals surface area contributed by atoms with Gasteiger partial charge in [0.05, 0.1) is 0 Å². The molecule has 0 aliphatic rings. The molecule has 0 fully saturated rings. The van der Waals surface area contributed by atoms with E-state index in [2.05, 4.69) is 0 Å². The van der Waals surface area contributed by atoms with Gasteiger partial charge in [0.25, 0.3) is 5.91 Å². The van der Waals surface area contributed by atoms with E-state index in [1.807, 2.05) is 5.43 Å².